The van der Waals surface area contributed by atoms with E-state index < -0.39 is 0 Å². The van der Waals surface area contributed by atoms with Crippen LogP contribution in [0.4, 0.5) is 5.82 Å². The Labute approximate surface area is 91.3 Å². The normalized spacial score (nSPS) is 12.5. The number of nitrogens with one attached hydrogen (secondary N) is 1. The molecule has 0 aromatic carbocycles. The van der Waals surface area contributed by atoms with Crippen molar-refractivity contribution in [1.82, 2.24) is 10.2 Å². The molecule has 0 fully saturated rings. The molecular weight excluding hydrogens is 188 g/mol. The number of aryl methyl sites for hydroxylation is 1. The number of nitrogens with two attached hydrogens (primary N) is 1. The molecule has 0 spiro atoms. The first kappa shape index (κ1) is 11.9. The van der Waals surface area contributed by atoms with E-state index >= 15 is 0 Å². The van der Waals surface area contributed by atoms with E-state index in [-0.39, 0.29) is 6.04 Å². The molecule has 4 nitrogen and oxygen atoms in total. The second kappa shape index (κ2) is 6.35. The van der Waals surface area contributed by atoms with Gasteiger partial charge in [-0.3, -0.25) is 0 Å². The van der Waals surface area contributed by atoms with Crippen LogP contribution in [0.25, 0.3) is 0 Å². The van der Waals surface area contributed by atoms with Crippen molar-refractivity contribution in [2.24, 2.45) is 5.73 Å². The highest BCUT2D eigenvalue weighted by molar-refractivity contribution is 5.32. The van der Waals surface area contributed by atoms with Crippen LogP contribution >= 0.6 is 0 Å². The molecular formula is C11H20N4. The topological polar surface area (TPSA) is 63.8 Å². The van der Waals surface area contributed by atoms with Crippen LogP contribution < -0.4 is 11.1 Å². The maximum absolute atomic E-state index is 5.64. The predicted octanol–water partition coefficient (Wildman–Crippen LogP) is 1.58. The molecule has 3 N–H and O–H groups in total. The van der Waals surface area contributed by atoms with Gasteiger partial charge in [0.1, 0.15) is 5.82 Å². The standard InChI is InChI=1S/C11H20N4/c1-3-4-10-5-6-11(15-14-10)13-8-7-9(2)12/h5-6,9H,3-4,7-8,12H2,1-2H3,(H,13,15). The van der Waals surface area contributed by atoms with Gasteiger partial charge in [-0.05, 0) is 31.9 Å². The van der Waals surface area contributed by atoms with Crippen LogP contribution in [-0.4, -0.2) is 22.8 Å². The second-order valence-corrected chi connectivity index (χ2v) is 3.85. The Balaban J connectivity index is 2.36. The number of aromatic nitrogens is 2. The highest BCUT2D eigenvalue weighted by Gasteiger charge is 1.97. The van der Waals surface area contributed by atoms with E-state index in [9.17, 15) is 0 Å². The van der Waals surface area contributed by atoms with Gasteiger partial charge in [-0.1, -0.05) is 13.3 Å². The van der Waals surface area contributed by atoms with Crippen molar-refractivity contribution < 1.29 is 0 Å². The fourth-order valence-corrected chi connectivity index (χ4v) is 1.27. The summed E-state index contributed by atoms with van der Waals surface area (Å²) in [5.41, 5.74) is 6.70. The quantitative estimate of drug-likeness (QED) is 0.745. The Bertz CT molecular complexity index is 268. The smallest absolute Gasteiger partial charge is 0.148 e. The van der Waals surface area contributed by atoms with Crippen molar-refractivity contribution in [3.05, 3.63) is 17.8 Å². The molecule has 0 radical (unpaired) electrons. The van der Waals surface area contributed by atoms with Crippen LogP contribution in [0.3, 0.4) is 0 Å². The van der Waals surface area contributed by atoms with Crippen molar-refractivity contribution in [3.8, 4) is 0 Å². The molecule has 1 unspecified atom stereocenters. The number of rotatable bonds is 6. The third kappa shape index (κ3) is 4.74. The first-order chi connectivity index (χ1) is 7.22. The van der Waals surface area contributed by atoms with Gasteiger partial charge in [0, 0.05) is 12.6 Å². The minimum Gasteiger partial charge on any atom is -0.369 e. The number of anilines is 1. The SMILES string of the molecule is CCCc1ccc(NCCC(C)N)nn1. The molecule has 0 saturated heterocycles. The van der Waals surface area contributed by atoms with E-state index in [4.69, 9.17) is 5.73 Å². The Kier molecular flexibility index (Phi) is 5.04. The lowest BCUT2D eigenvalue weighted by Gasteiger charge is -2.07. The lowest BCUT2D eigenvalue weighted by atomic mass is 10.2. The van der Waals surface area contributed by atoms with Gasteiger partial charge in [0.25, 0.3) is 0 Å². The van der Waals surface area contributed by atoms with Gasteiger partial charge in [-0.15, -0.1) is 5.10 Å². The molecule has 15 heavy (non-hydrogen) atoms. The molecule has 1 heterocycles. The number of hydrogen-bond donors (Lipinski definition) is 2. The van der Waals surface area contributed by atoms with Crippen LogP contribution in [0.2, 0.25) is 0 Å². The Hall–Kier alpha value is -1.16. The van der Waals surface area contributed by atoms with Gasteiger partial charge in [-0.25, -0.2) is 0 Å². The summed E-state index contributed by atoms with van der Waals surface area (Å²) in [6.07, 6.45) is 3.04. The third-order valence-corrected chi connectivity index (χ3v) is 2.13. The van der Waals surface area contributed by atoms with Crippen LogP contribution in [0.15, 0.2) is 12.1 Å². The average molecular weight is 208 g/mol. The van der Waals surface area contributed by atoms with Crippen LogP contribution in [0.1, 0.15) is 32.4 Å². The third-order valence-electron chi connectivity index (χ3n) is 2.13. The minimum absolute atomic E-state index is 0.227. The molecule has 1 aromatic rings. The van der Waals surface area contributed by atoms with Gasteiger partial charge in [-0.2, -0.15) is 5.10 Å². The molecule has 4 heteroatoms. The first-order valence-corrected chi connectivity index (χ1v) is 5.54. The van der Waals surface area contributed by atoms with Gasteiger partial charge in [0.15, 0.2) is 0 Å². The zero-order valence-corrected chi connectivity index (χ0v) is 9.53. The summed E-state index contributed by atoms with van der Waals surface area (Å²) in [6, 6.07) is 4.22. The summed E-state index contributed by atoms with van der Waals surface area (Å²) in [5, 5.41) is 11.4. The van der Waals surface area contributed by atoms with E-state index in [0.717, 1.165) is 37.3 Å². The van der Waals surface area contributed by atoms with Crippen molar-refractivity contribution >= 4 is 5.82 Å². The molecule has 0 saturated carbocycles. The zero-order valence-electron chi connectivity index (χ0n) is 9.53. The molecule has 1 rings (SSSR count). The van der Waals surface area contributed by atoms with Gasteiger partial charge in [0.2, 0.25) is 0 Å². The Morgan fingerprint density at radius 2 is 2.20 bits per heavy atom. The monoisotopic (exact) mass is 208 g/mol. The van der Waals surface area contributed by atoms with Crippen molar-refractivity contribution in [3.63, 3.8) is 0 Å². The van der Waals surface area contributed by atoms with Crippen LogP contribution in [0.5, 0.6) is 0 Å². The highest BCUT2D eigenvalue weighted by Crippen LogP contribution is 2.03. The van der Waals surface area contributed by atoms with Crippen molar-refractivity contribution in [2.45, 2.75) is 39.2 Å². The van der Waals surface area contributed by atoms with Crippen molar-refractivity contribution in [2.75, 3.05) is 11.9 Å². The van der Waals surface area contributed by atoms with Crippen LogP contribution in [0, 0.1) is 0 Å². The maximum atomic E-state index is 5.64. The van der Waals surface area contributed by atoms with Gasteiger partial charge < -0.3 is 11.1 Å². The summed E-state index contributed by atoms with van der Waals surface area (Å²) >= 11 is 0. The lowest BCUT2D eigenvalue weighted by Crippen LogP contribution is -2.19. The molecule has 0 bridgehead atoms. The number of nitrogens with zero attached hydrogens (tertiary/aromatic N) is 2. The van der Waals surface area contributed by atoms with Gasteiger partial charge >= 0.3 is 0 Å². The predicted molar refractivity (Wildman–Crippen MR) is 62.8 cm³/mol. The molecule has 0 aliphatic carbocycles. The minimum atomic E-state index is 0.227. The fourth-order valence-electron chi connectivity index (χ4n) is 1.27. The molecule has 0 aliphatic rings. The second-order valence-electron chi connectivity index (χ2n) is 3.85. The Morgan fingerprint density at radius 1 is 1.40 bits per heavy atom. The average Bonchev–Trinajstić information content (AvgIpc) is 2.20. The van der Waals surface area contributed by atoms with E-state index in [1.165, 1.54) is 0 Å². The highest BCUT2D eigenvalue weighted by atomic mass is 15.2. The lowest BCUT2D eigenvalue weighted by molar-refractivity contribution is 0.688. The van der Waals surface area contributed by atoms with E-state index in [0.29, 0.717) is 0 Å². The maximum Gasteiger partial charge on any atom is 0.148 e. The largest absolute Gasteiger partial charge is 0.369 e. The molecule has 0 amide bonds. The van der Waals surface area contributed by atoms with E-state index in [1.54, 1.807) is 0 Å². The molecule has 84 valence electrons. The summed E-state index contributed by atoms with van der Waals surface area (Å²) < 4.78 is 0. The zero-order chi connectivity index (χ0) is 11.1. The Morgan fingerprint density at radius 3 is 2.73 bits per heavy atom. The summed E-state index contributed by atoms with van der Waals surface area (Å²) in [6.45, 7) is 4.98. The molecule has 0 aliphatic heterocycles. The molecule has 1 aromatic heterocycles. The van der Waals surface area contributed by atoms with Crippen molar-refractivity contribution in [1.29, 1.82) is 0 Å². The number of hydrogen-bond acceptors (Lipinski definition) is 4. The van der Waals surface area contributed by atoms with E-state index in [1.807, 2.05) is 19.1 Å². The first-order valence-electron chi connectivity index (χ1n) is 5.54. The van der Waals surface area contributed by atoms with E-state index in [2.05, 4.69) is 22.4 Å². The summed E-state index contributed by atoms with van der Waals surface area (Å²) in [5.74, 6) is 0.829. The van der Waals surface area contributed by atoms with Crippen LogP contribution in [-0.2, 0) is 6.42 Å². The van der Waals surface area contributed by atoms with Gasteiger partial charge in [0.05, 0.1) is 5.69 Å². The molecule has 1 atom stereocenters. The fraction of sp³-hybridized carbons (Fsp3) is 0.636. The summed E-state index contributed by atoms with van der Waals surface area (Å²) in [4.78, 5) is 0. The summed E-state index contributed by atoms with van der Waals surface area (Å²) in [7, 11) is 0.